The number of anilines is 4. The van der Waals surface area contributed by atoms with Gasteiger partial charge in [0.15, 0.2) is 0 Å². The number of carbonyl (C=O) groups is 2. The molecule has 2 unspecified atom stereocenters. The summed E-state index contributed by atoms with van der Waals surface area (Å²) in [6, 6.07) is 26.8. The zero-order valence-corrected chi connectivity index (χ0v) is 26.8. The SMILES string of the molecule is O=C(CC1=NNC(c2ccccc2Cl)C1)Nc1ccc2c(c1)Sc1cc(NC(=O)CC3=NNC(c4ccccc4Cl)C3)ccc1N2. The second-order valence-electron chi connectivity index (χ2n) is 11.3. The molecular formula is C34H29Cl2N7O2S. The maximum Gasteiger partial charge on any atom is 0.230 e. The van der Waals surface area contributed by atoms with Gasteiger partial charge in [0.05, 0.1) is 36.3 Å². The van der Waals surface area contributed by atoms with E-state index in [1.54, 1.807) is 11.8 Å². The molecule has 232 valence electrons. The highest BCUT2D eigenvalue weighted by Crippen LogP contribution is 2.46. The van der Waals surface area contributed by atoms with Gasteiger partial charge in [-0.3, -0.25) is 9.59 Å². The first-order valence-corrected chi connectivity index (χ1v) is 16.4. The van der Waals surface area contributed by atoms with Crippen molar-refractivity contribution in [1.82, 2.24) is 10.9 Å². The third-order valence-corrected chi connectivity index (χ3v) is 9.75. The Morgan fingerprint density at radius 1 is 0.696 bits per heavy atom. The van der Waals surface area contributed by atoms with Gasteiger partial charge in [0, 0.05) is 55.5 Å². The standard InChI is InChI=1S/C34H29Cl2N7O2S/c35-25-7-3-1-5-23(25)29-13-21(40-42-29)17-33(44)37-19-9-11-27-31(15-19)46-32-16-20(10-12-28(32)39-27)38-34(45)18-22-14-30(43-41-22)24-6-2-4-8-26(24)36/h1-12,15-16,29-30,39,42-43H,13-14,17-18H2,(H,37,44)(H,38,45). The highest BCUT2D eigenvalue weighted by Gasteiger charge is 2.25. The molecule has 0 saturated heterocycles. The van der Waals surface area contributed by atoms with Gasteiger partial charge >= 0.3 is 0 Å². The van der Waals surface area contributed by atoms with Crippen LogP contribution in [-0.2, 0) is 9.59 Å². The van der Waals surface area contributed by atoms with E-state index in [0.717, 1.165) is 43.7 Å². The fourth-order valence-corrected chi connectivity index (χ4v) is 7.31. The predicted octanol–water partition coefficient (Wildman–Crippen LogP) is 8.04. The van der Waals surface area contributed by atoms with Crippen LogP contribution in [0.3, 0.4) is 0 Å². The third kappa shape index (κ3) is 6.69. The molecule has 0 saturated carbocycles. The Hall–Kier alpha value is -4.51. The molecule has 2 amide bonds. The van der Waals surface area contributed by atoms with Crippen molar-refractivity contribution >= 4 is 81.0 Å². The van der Waals surface area contributed by atoms with Gasteiger partial charge in [-0.05, 0) is 59.7 Å². The summed E-state index contributed by atoms with van der Waals surface area (Å²) < 4.78 is 0. The van der Waals surface area contributed by atoms with Gasteiger partial charge in [-0.25, -0.2) is 0 Å². The van der Waals surface area contributed by atoms with Crippen LogP contribution in [0.5, 0.6) is 0 Å². The summed E-state index contributed by atoms with van der Waals surface area (Å²) in [5.41, 5.74) is 13.0. The molecule has 3 heterocycles. The molecule has 0 aromatic heterocycles. The summed E-state index contributed by atoms with van der Waals surface area (Å²) in [6.07, 6.45) is 1.60. The Morgan fingerprint density at radius 3 is 1.61 bits per heavy atom. The number of halogens is 2. The number of nitrogens with one attached hydrogen (secondary N) is 5. The van der Waals surface area contributed by atoms with E-state index < -0.39 is 0 Å². The molecule has 2 atom stereocenters. The van der Waals surface area contributed by atoms with E-state index in [1.165, 1.54) is 0 Å². The summed E-state index contributed by atoms with van der Waals surface area (Å²) in [5, 5.41) is 19.6. The molecular weight excluding hydrogens is 641 g/mol. The van der Waals surface area contributed by atoms with Crippen LogP contribution in [-0.4, -0.2) is 23.2 Å². The summed E-state index contributed by atoms with van der Waals surface area (Å²) in [7, 11) is 0. The minimum Gasteiger partial charge on any atom is -0.354 e. The summed E-state index contributed by atoms with van der Waals surface area (Å²) >= 11 is 14.2. The van der Waals surface area contributed by atoms with E-state index in [9.17, 15) is 9.59 Å². The fraction of sp³-hybridized carbons (Fsp3) is 0.176. The van der Waals surface area contributed by atoms with E-state index >= 15 is 0 Å². The zero-order chi connectivity index (χ0) is 31.6. The van der Waals surface area contributed by atoms with Crippen molar-refractivity contribution in [2.75, 3.05) is 16.0 Å². The van der Waals surface area contributed by atoms with E-state index in [1.807, 2.05) is 84.9 Å². The molecule has 46 heavy (non-hydrogen) atoms. The van der Waals surface area contributed by atoms with Crippen molar-refractivity contribution in [2.45, 2.75) is 47.6 Å². The van der Waals surface area contributed by atoms with Crippen LogP contribution in [0.4, 0.5) is 22.7 Å². The van der Waals surface area contributed by atoms with Crippen molar-refractivity contribution < 1.29 is 9.59 Å². The molecule has 0 spiro atoms. The summed E-state index contributed by atoms with van der Waals surface area (Å²) in [6.45, 7) is 0. The molecule has 4 aromatic rings. The maximum atomic E-state index is 12.9. The van der Waals surface area contributed by atoms with Gasteiger partial charge in [-0.1, -0.05) is 71.4 Å². The number of rotatable bonds is 8. The molecule has 0 radical (unpaired) electrons. The number of benzene rings is 4. The van der Waals surface area contributed by atoms with Gasteiger partial charge in [0.2, 0.25) is 11.8 Å². The van der Waals surface area contributed by atoms with Crippen LogP contribution in [0.25, 0.3) is 0 Å². The Morgan fingerprint density at radius 2 is 1.15 bits per heavy atom. The number of nitrogens with zero attached hydrogens (tertiary/aromatic N) is 2. The lowest BCUT2D eigenvalue weighted by Crippen LogP contribution is -2.16. The molecule has 7 rings (SSSR count). The monoisotopic (exact) mass is 669 g/mol. The van der Waals surface area contributed by atoms with E-state index in [4.69, 9.17) is 23.2 Å². The Kier molecular flexibility index (Phi) is 8.57. The molecule has 3 aliphatic rings. The molecule has 0 fully saturated rings. The molecule has 9 nitrogen and oxygen atoms in total. The second kappa shape index (κ2) is 13.1. The van der Waals surface area contributed by atoms with Crippen LogP contribution in [0.15, 0.2) is 105 Å². The van der Waals surface area contributed by atoms with Gasteiger partial charge in [-0.2, -0.15) is 10.2 Å². The van der Waals surface area contributed by atoms with Gasteiger partial charge in [0.25, 0.3) is 0 Å². The van der Waals surface area contributed by atoms with E-state index in [-0.39, 0.29) is 36.7 Å². The minimum atomic E-state index is -0.139. The van der Waals surface area contributed by atoms with Crippen molar-refractivity contribution in [1.29, 1.82) is 0 Å². The number of hydrogen-bond acceptors (Lipinski definition) is 8. The van der Waals surface area contributed by atoms with Crippen molar-refractivity contribution in [3.63, 3.8) is 0 Å². The van der Waals surface area contributed by atoms with Gasteiger partial charge in [-0.15, -0.1) is 0 Å². The molecule has 4 aromatic carbocycles. The first kappa shape index (κ1) is 30.2. The number of hydrazone groups is 2. The zero-order valence-electron chi connectivity index (χ0n) is 24.4. The average molecular weight is 671 g/mol. The van der Waals surface area contributed by atoms with Crippen LogP contribution < -0.4 is 26.8 Å². The van der Waals surface area contributed by atoms with Crippen LogP contribution in [0.1, 0.15) is 48.9 Å². The third-order valence-electron chi connectivity index (χ3n) is 7.95. The quantitative estimate of drug-likeness (QED) is 0.114. The summed E-state index contributed by atoms with van der Waals surface area (Å²) in [5.74, 6) is -0.278. The van der Waals surface area contributed by atoms with Crippen LogP contribution in [0, 0.1) is 0 Å². The van der Waals surface area contributed by atoms with E-state index in [2.05, 4.69) is 37.0 Å². The Bertz CT molecular complexity index is 1780. The fourth-order valence-electron chi connectivity index (χ4n) is 5.71. The topological polar surface area (TPSA) is 119 Å². The number of carbonyl (C=O) groups excluding carboxylic acids is 2. The summed E-state index contributed by atoms with van der Waals surface area (Å²) in [4.78, 5) is 27.7. The van der Waals surface area contributed by atoms with Crippen molar-refractivity contribution in [3.05, 3.63) is 106 Å². The molecule has 12 heteroatoms. The largest absolute Gasteiger partial charge is 0.354 e. The lowest BCUT2D eigenvalue weighted by atomic mass is 10.0. The van der Waals surface area contributed by atoms with Crippen LogP contribution >= 0.6 is 35.0 Å². The van der Waals surface area contributed by atoms with Crippen molar-refractivity contribution in [2.24, 2.45) is 10.2 Å². The lowest BCUT2D eigenvalue weighted by molar-refractivity contribution is -0.116. The highest BCUT2D eigenvalue weighted by atomic mass is 35.5. The smallest absolute Gasteiger partial charge is 0.230 e. The lowest BCUT2D eigenvalue weighted by Gasteiger charge is -2.22. The predicted molar refractivity (Wildman–Crippen MR) is 186 cm³/mol. The number of hydrogen-bond donors (Lipinski definition) is 5. The maximum absolute atomic E-state index is 12.9. The van der Waals surface area contributed by atoms with E-state index in [0.29, 0.717) is 34.3 Å². The first-order chi connectivity index (χ1) is 22.4. The van der Waals surface area contributed by atoms with Gasteiger partial charge < -0.3 is 26.8 Å². The Balaban J connectivity index is 0.932. The number of amides is 2. The molecule has 0 bridgehead atoms. The average Bonchev–Trinajstić information content (AvgIpc) is 3.70. The minimum absolute atomic E-state index is 0.0439. The van der Waals surface area contributed by atoms with Crippen LogP contribution in [0.2, 0.25) is 10.0 Å². The highest BCUT2D eigenvalue weighted by molar-refractivity contribution is 7.99. The van der Waals surface area contributed by atoms with Gasteiger partial charge in [0.1, 0.15) is 0 Å². The first-order valence-electron chi connectivity index (χ1n) is 14.8. The molecule has 3 aliphatic heterocycles. The molecule has 0 aliphatic carbocycles. The second-order valence-corrected chi connectivity index (χ2v) is 13.2. The normalized spacial score (nSPS) is 17.8. The number of fused-ring (bicyclic) bond motifs is 2. The van der Waals surface area contributed by atoms with Crippen molar-refractivity contribution in [3.8, 4) is 0 Å². The molecule has 5 N–H and O–H groups in total. The Labute approximate surface area is 280 Å².